The highest BCUT2D eigenvalue weighted by atomic mass is 16.5. The molecule has 0 aliphatic carbocycles. The van der Waals surface area contributed by atoms with E-state index < -0.39 is 5.97 Å². The Labute approximate surface area is 225 Å². The molecule has 2 aromatic heterocycles. The Hall–Kier alpha value is -3.80. The summed E-state index contributed by atoms with van der Waals surface area (Å²) in [5, 5.41) is 0. The van der Waals surface area contributed by atoms with Gasteiger partial charge in [-0.05, 0) is 31.4 Å². The third kappa shape index (κ3) is 4.77. The number of fused-ring (bicyclic) bond motifs is 3. The minimum atomic E-state index is -0.407. The molecular formula is C27H35N5O7. The second kappa shape index (κ2) is 10.8. The summed E-state index contributed by atoms with van der Waals surface area (Å²) in [7, 11) is 7.65. The number of carbonyl (C=O) groups excluding carboxylic acids is 1. The predicted molar refractivity (Wildman–Crippen MR) is 143 cm³/mol. The number of ether oxygens (including phenoxy) is 4. The molecule has 1 aromatic carbocycles. The van der Waals surface area contributed by atoms with Crippen LogP contribution in [0.4, 0.5) is 0 Å². The van der Waals surface area contributed by atoms with Crippen molar-refractivity contribution in [3.63, 3.8) is 0 Å². The third-order valence-corrected chi connectivity index (χ3v) is 8.05. The number of benzene rings is 1. The van der Waals surface area contributed by atoms with Crippen LogP contribution in [0, 0.1) is 0 Å². The Morgan fingerprint density at radius 3 is 2.18 bits per heavy atom. The van der Waals surface area contributed by atoms with Gasteiger partial charge in [0.15, 0.2) is 22.7 Å². The maximum atomic E-state index is 13.0. The summed E-state index contributed by atoms with van der Waals surface area (Å²) >= 11 is 0. The monoisotopic (exact) mass is 541 g/mol. The summed E-state index contributed by atoms with van der Waals surface area (Å²) in [5.41, 5.74) is 0.483. The van der Waals surface area contributed by atoms with Crippen molar-refractivity contribution >= 4 is 17.1 Å². The number of methoxy groups -OCH3 is 3. The molecule has 4 heterocycles. The smallest absolute Gasteiger partial charge is 0.338 e. The standard InChI is InChI=1S/C27H35N5O7/c1-29-24-22(25(33)30(2)27(29)35)31(15-28-24)9-6-10-32-17-7-8-18(32)14-19(13-17)39-26(34)16-11-20(36-3)23(38-5)21(12-16)37-4/h11-12,15,17-19H,6-10,13-14H2,1-5H3. The number of hydrogen-bond acceptors (Lipinski definition) is 9. The number of hydrogen-bond donors (Lipinski definition) is 0. The van der Waals surface area contributed by atoms with Crippen molar-refractivity contribution in [2.24, 2.45) is 14.1 Å². The fourth-order valence-electron chi connectivity index (χ4n) is 6.09. The Morgan fingerprint density at radius 2 is 1.59 bits per heavy atom. The van der Waals surface area contributed by atoms with Crippen molar-refractivity contribution in [2.45, 2.75) is 56.8 Å². The number of rotatable bonds is 9. The van der Waals surface area contributed by atoms with Crippen LogP contribution in [0.3, 0.4) is 0 Å². The van der Waals surface area contributed by atoms with E-state index in [2.05, 4.69) is 9.88 Å². The minimum Gasteiger partial charge on any atom is -0.493 e. The minimum absolute atomic E-state index is 0.160. The zero-order chi connectivity index (χ0) is 27.8. The van der Waals surface area contributed by atoms with E-state index in [1.165, 1.54) is 32.9 Å². The molecule has 2 bridgehead atoms. The van der Waals surface area contributed by atoms with E-state index in [0.717, 1.165) is 43.2 Å². The molecule has 2 unspecified atom stereocenters. The van der Waals surface area contributed by atoms with Gasteiger partial charge in [-0.3, -0.25) is 18.8 Å². The number of piperidine rings is 1. The summed E-state index contributed by atoms with van der Waals surface area (Å²) < 4.78 is 26.4. The molecule has 210 valence electrons. The highest BCUT2D eigenvalue weighted by Gasteiger charge is 2.41. The van der Waals surface area contributed by atoms with Crippen LogP contribution in [-0.2, 0) is 25.4 Å². The Kier molecular flexibility index (Phi) is 7.39. The summed E-state index contributed by atoms with van der Waals surface area (Å²) in [4.78, 5) is 44.7. The number of nitrogens with zero attached hydrogens (tertiary/aromatic N) is 5. The molecule has 2 aliphatic rings. The molecule has 12 heteroatoms. The third-order valence-electron chi connectivity index (χ3n) is 8.05. The van der Waals surface area contributed by atoms with Crippen molar-refractivity contribution in [1.29, 1.82) is 0 Å². The lowest BCUT2D eigenvalue weighted by molar-refractivity contribution is -0.00645. The molecule has 0 radical (unpaired) electrons. The van der Waals surface area contributed by atoms with Crippen LogP contribution in [0.1, 0.15) is 42.5 Å². The second-order valence-corrected chi connectivity index (χ2v) is 10.2. The van der Waals surface area contributed by atoms with Crippen LogP contribution in [0.15, 0.2) is 28.0 Å². The average molecular weight is 542 g/mol. The number of carbonyl (C=O) groups is 1. The van der Waals surface area contributed by atoms with Crippen LogP contribution in [0.25, 0.3) is 11.2 Å². The zero-order valence-electron chi connectivity index (χ0n) is 23.0. The van der Waals surface area contributed by atoms with Gasteiger partial charge in [0.2, 0.25) is 5.75 Å². The summed E-state index contributed by atoms with van der Waals surface area (Å²) in [6.07, 6.45) is 6.01. The second-order valence-electron chi connectivity index (χ2n) is 10.2. The average Bonchev–Trinajstić information content (AvgIpc) is 3.47. The molecule has 39 heavy (non-hydrogen) atoms. The van der Waals surface area contributed by atoms with Gasteiger partial charge in [-0.1, -0.05) is 0 Å². The molecule has 0 spiro atoms. The van der Waals surface area contributed by atoms with Gasteiger partial charge in [-0.2, -0.15) is 0 Å². The lowest BCUT2D eigenvalue weighted by Gasteiger charge is -2.38. The normalized spacial score (nSPS) is 20.8. The molecule has 2 fully saturated rings. The van der Waals surface area contributed by atoms with Crippen LogP contribution >= 0.6 is 0 Å². The molecule has 2 atom stereocenters. The van der Waals surface area contributed by atoms with Crippen molar-refractivity contribution in [3.05, 3.63) is 44.9 Å². The van der Waals surface area contributed by atoms with E-state index in [9.17, 15) is 14.4 Å². The van der Waals surface area contributed by atoms with Gasteiger partial charge in [0, 0.05) is 52.1 Å². The molecule has 0 amide bonds. The number of aryl methyl sites for hydroxylation is 2. The molecule has 3 aromatic rings. The largest absolute Gasteiger partial charge is 0.493 e. The SMILES string of the molecule is COc1cc(C(=O)OC2CC3CCC(C2)N3CCCn2cnc3c2c(=O)n(C)c(=O)n3C)cc(OC)c1OC. The maximum Gasteiger partial charge on any atom is 0.338 e. The fraction of sp³-hybridized carbons (Fsp3) is 0.556. The van der Waals surface area contributed by atoms with Crippen LogP contribution < -0.4 is 25.5 Å². The van der Waals surface area contributed by atoms with Crippen molar-refractivity contribution in [1.82, 2.24) is 23.6 Å². The summed E-state index contributed by atoms with van der Waals surface area (Å²) in [5.74, 6) is 0.833. The molecule has 5 rings (SSSR count). The van der Waals surface area contributed by atoms with Crippen molar-refractivity contribution in [3.8, 4) is 17.2 Å². The van der Waals surface area contributed by atoms with Gasteiger partial charge in [0.25, 0.3) is 5.56 Å². The number of aromatic nitrogens is 4. The van der Waals surface area contributed by atoms with Crippen LogP contribution in [0.2, 0.25) is 0 Å². The molecular weight excluding hydrogens is 506 g/mol. The van der Waals surface area contributed by atoms with Crippen molar-refractivity contribution in [2.75, 3.05) is 27.9 Å². The van der Waals surface area contributed by atoms with E-state index in [0.29, 0.717) is 52.6 Å². The molecule has 0 N–H and O–H groups in total. The Bertz CT molecular complexity index is 1470. The predicted octanol–water partition coefficient (Wildman–Crippen LogP) is 1.70. The van der Waals surface area contributed by atoms with Gasteiger partial charge >= 0.3 is 11.7 Å². The first-order chi connectivity index (χ1) is 18.8. The number of esters is 1. The van der Waals surface area contributed by atoms with Crippen LogP contribution in [0.5, 0.6) is 17.2 Å². The highest BCUT2D eigenvalue weighted by molar-refractivity contribution is 5.91. The van der Waals surface area contributed by atoms with Gasteiger partial charge in [0.05, 0.1) is 33.2 Å². The van der Waals surface area contributed by atoms with E-state index >= 15 is 0 Å². The van der Waals surface area contributed by atoms with Gasteiger partial charge in [-0.25, -0.2) is 14.6 Å². The Morgan fingerprint density at radius 1 is 0.949 bits per heavy atom. The van der Waals surface area contributed by atoms with E-state index in [4.69, 9.17) is 18.9 Å². The first kappa shape index (κ1) is 26.8. The van der Waals surface area contributed by atoms with E-state index in [1.54, 1.807) is 25.5 Å². The summed E-state index contributed by atoms with van der Waals surface area (Å²) in [6, 6.07) is 3.90. The maximum absolute atomic E-state index is 13.0. The van der Waals surface area contributed by atoms with Gasteiger partial charge in [0.1, 0.15) is 6.10 Å². The van der Waals surface area contributed by atoms with E-state index in [-0.39, 0.29) is 17.4 Å². The Balaban J connectivity index is 1.21. The lowest BCUT2D eigenvalue weighted by atomic mass is 9.99. The first-order valence-corrected chi connectivity index (χ1v) is 13.1. The highest BCUT2D eigenvalue weighted by Crippen LogP contribution is 2.40. The molecule has 0 saturated carbocycles. The molecule has 2 saturated heterocycles. The van der Waals surface area contributed by atoms with Crippen molar-refractivity contribution < 1.29 is 23.7 Å². The van der Waals surface area contributed by atoms with Crippen LogP contribution in [-0.4, -0.2) is 75.6 Å². The van der Waals surface area contributed by atoms with Gasteiger partial charge < -0.3 is 23.5 Å². The van der Waals surface area contributed by atoms with E-state index in [1.807, 2.05) is 4.57 Å². The topological polar surface area (TPSA) is 119 Å². The van der Waals surface area contributed by atoms with Gasteiger partial charge in [-0.15, -0.1) is 0 Å². The zero-order valence-corrected chi connectivity index (χ0v) is 23.0. The summed E-state index contributed by atoms with van der Waals surface area (Å²) in [6.45, 7) is 1.49. The first-order valence-electron chi connectivity index (χ1n) is 13.1. The lowest BCUT2D eigenvalue weighted by Crippen LogP contribution is -2.46. The molecule has 2 aliphatic heterocycles. The fourth-order valence-corrected chi connectivity index (χ4v) is 6.09. The molecule has 12 nitrogen and oxygen atoms in total. The quantitative estimate of drug-likeness (QED) is 0.373. The number of imidazole rings is 1.